The van der Waals surface area contributed by atoms with Crippen LogP contribution in [0, 0.1) is 10.1 Å². The van der Waals surface area contributed by atoms with Gasteiger partial charge in [-0.1, -0.05) is 27.3 Å². The molecule has 0 fully saturated rings. The summed E-state index contributed by atoms with van der Waals surface area (Å²) < 4.78 is 6.91. The Hall–Kier alpha value is -2.52. The van der Waals surface area contributed by atoms with Gasteiger partial charge in [-0.3, -0.25) is 10.1 Å². The number of hydrogen-bond donors (Lipinski definition) is 1. The Morgan fingerprint density at radius 3 is 2.92 bits per heavy atom. The van der Waals surface area contributed by atoms with Gasteiger partial charge in [0.05, 0.1) is 28.3 Å². The van der Waals surface area contributed by atoms with Crippen LogP contribution >= 0.6 is 27.3 Å². The van der Waals surface area contributed by atoms with E-state index in [9.17, 15) is 15.2 Å². The zero-order chi connectivity index (χ0) is 17.3. The number of halogens is 1. The number of nitro groups is 1. The lowest BCUT2D eigenvalue weighted by Crippen LogP contribution is -1.94. The molecule has 1 heterocycles. The van der Waals surface area contributed by atoms with E-state index in [-0.39, 0.29) is 11.3 Å². The minimum atomic E-state index is -0.676. The van der Waals surface area contributed by atoms with E-state index in [0.29, 0.717) is 5.13 Å². The van der Waals surface area contributed by atoms with E-state index < -0.39 is 16.4 Å². The van der Waals surface area contributed by atoms with Crippen molar-refractivity contribution in [3.05, 3.63) is 50.5 Å². The van der Waals surface area contributed by atoms with Crippen LogP contribution in [-0.2, 0) is 0 Å². The number of hydrogen-bond acceptors (Lipinski definition) is 7. The predicted molar refractivity (Wildman–Crippen MR) is 95.9 cm³/mol. The molecule has 0 aliphatic carbocycles. The topological polar surface area (TPSA) is 97.9 Å². The van der Waals surface area contributed by atoms with E-state index in [2.05, 4.69) is 25.9 Å². The summed E-state index contributed by atoms with van der Waals surface area (Å²) in [4.78, 5) is 18.9. The first-order chi connectivity index (χ1) is 11.5. The van der Waals surface area contributed by atoms with Crippen LogP contribution in [0.1, 0.15) is 5.56 Å². The van der Waals surface area contributed by atoms with Crippen molar-refractivity contribution in [2.75, 3.05) is 7.11 Å². The summed E-state index contributed by atoms with van der Waals surface area (Å²) in [5.41, 5.74) is 0.543. The number of aromatic nitrogens is 1. The molecule has 2 aromatic carbocycles. The van der Waals surface area contributed by atoms with Crippen LogP contribution in [-0.4, -0.2) is 28.3 Å². The van der Waals surface area contributed by atoms with E-state index in [1.807, 2.05) is 18.2 Å². The molecule has 9 heteroatoms. The molecule has 24 heavy (non-hydrogen) atoms. The SMILES string of the molecule is COc1cc(C=Nc2nc3ccc(Br)cc3s2)c(O)c([N+](=O)[O-])c1. The van der Waals surface area contributed by atoms with Gasteiger partial charge in [-0.25, -0.2) is 9.98 Å². The average molecular weight is 408 g/mol. The number of aliphatic imine (C=N–C) groups is 1. The molecule has 0 aliphatic heterocycles. The summed E-state index contributed by atoms with van der Waals surface area (Å²) in [6, 6.07) is 8.30. The van der Waals surface area contributed by atoms with Crippen LogP contribution in [0.2, 0.25) is 0 Å². The summed E-state index contributed by atoms with van der Waals surface area (Å²) in [5.74, 6) is -0.206. The van der Waals surface area contributed by atoms with E-state index in [1.54, 1.807) is 0 Å². The molecule has 1 aromatic heterocycles. The Bertz CT molecular complexity index is 971. The smallest absolute Gasteiger partial charge is 0.315 e. The lowest BCUT2D eigenvalue weighted by Gasteiger charge is -2.04. The molecule has 7 nitrogen and oxygen atoms in total. The Morgan fingerprint density at radius 2 is 2.21 bits per heavy atom. The molecular formula is C15H10BrN3O4S. The number of rotatable bonds is 4. The summed E-state index contributed by atoms with van der Waals surface area (Å²) >= 11 is 4.77. The molecule has 0 unspecified atom stereocenters. The lowest BCUT2D eigenvalue weighted by atomic mass is 10.1. The summed E-state index contributed by atoms with van der Waals surface area (Å²) in [7, 11) is 1.39. The zero-order valence-electron chi connectivity index (χ0n) is 12.3. The average Bonchev–Trinajstić information content (AvgIpc) is 2.95. The number of nitrogens with zero attached hydrogens (tertiary/aromatic N) is 3. The maximum absolute atomic E-state index is 11.0. The van der Waals surface area contributed by atoms with Crippen LogP contribution in [0.25, 0.3) is 10.2 Å². The minimum Gasteiger partial charge on any atom is -0.502 e. The highest BCUT2D eigenvalue weighted by Crippen LogP contribution is 2.34. The van der Waals surface area contributed by atoms with Gasteiger partial charge in [0.2, 0.25) is 10.9 Å². The maximum Gasteiger partial charge on any atom is 0.315 e. The van der Waals surface area contributed by atoms with Gasteiger partial charge in [0.1, 0.15) is 5.75 Å². The molecule has 0 radical (unpaired) electrons. The molecule has 0 atom stereocenters. The zero-order valence-corrected chi connectivity index (χ0v) is 14.7. The van der Waals surface area contributed by atoms with Crippen LogP contribution in [0.5, 0.6) is 11.5 Å². The largest absolute Gasteiger partial charge is 0.502 e. The van der Waals surface area contributed by atoms with Crippen molar-refractivity contribution in [2.45, 2.75) is 0 Å². The van der Waals surface area contributed by atoms with Crippen molar-refractivity contribution in [3.63, 3.8) is 0 Å². The quantitative estimate of drug-likeness (QED) is 0.391. The van der Waals surface area contributed by atoms with Crippen LogP contribution in [0.3, 0.4) is 0 Å². The molecule has 122 valence electrons. The van der Waals surface area contributed by atoms with Crippen molar-refractivity contribution >= 4 is 54.5 Å². The number of phenolic OH excluding ortho intramolecular Hbond substituents is 1. The highest BCUT2D eigenvalue weighted by molar-refractivity contribution is 9.10. The second-order valence-electron chi connectivity index (χ2n) is 4.71. The van der Waals surface area contributed by atoms with Gasteiger partial charge < -0.3 is 9.84 Å². The summed E-state index contributed by atoms with van der Waals surface area (Å²) in [6.45, 7) is 0. The van der Waals surface area contributed by atoms with Gasteiger partial charge in [0.15, 0.2) is 0 Å². The predicted octanol–water partition coefficient (Wildman–Crippen LogP) is 4.43. The Kier molecular flexibility index (Phi) is 4.45. The van der Waals surface area contributed by atoms with Crippen molar-refractivity contribution in [3.8, 4) is 11.5 Å². The fraction of sp³-hybridized carbons (Fsp3) is 0.0667. The number of methoxy groups -OCH3 is 1. The normalized spacial score (nSPS) is 11.2. The number of fused-ring (bicyclic) bond motifs is 1. The fourth-order valence-electron chi connectivity index (χ4n) is 2.04. The van der Waals surface area contributed by atoms with E-state index in [4.69, 9.17) is 4.74 Å². The Labute approximate surface area is 148 Å². The third-order valence-electron chi connectivity index (χ3n) is 3.18. The second kappa shape index (κ2) is 6.54. The van der Waals surface area contributed by atoms with Gasteiger partial charge in [-0.05, 0) is 24.3 Å². The number of aromatic hydroxyl groups is 1. The van der Waals surface area contributed by atoms with E-state index >= 15 is 0 Å². The van der Waals surface area contributed by atoms with Crippen LogP contribution in [0.15, 0.2) is 39.8 Å². The number of ether oxygens (including phenoxy) is 1. The number of thiazole rings is 1. The molecule has 0 bridgehead atoms. The molecule has 0 spiro atoms. The van der Waals surface area contributed by atoms with Crippen molar-refractivity contribution in [1.82, 2.24) is 4.98 Å². The second-order valence-corrected chi connectivity index (χ2v) is 6.63. The van der Waals surface area contributed by atoms with E-state index in [1.165, 1.54) is 30.7 Å². The standard InChI is InChI=1S/C15H10BrN3O4S/c1-23-10-4-8(14(20)12(6-10)19(21)22)7-17-15-18-11-3-2-9(16)5-13(11)24-15/h2-7,20H,1H3. The molecule has 3 rings (SSSR count). The van der Waals surface area contributed by atoms with Crippen molar-refractivity contribution in [2.24, 2.45) is 4.99 Å². The van der Waals surface area contributed by atoms with Gasteiger partial charge in [0.25, 0.3) is 0 Å². The minimum absolute atomic E-state index is 0.182. The first-order valence-electron chi connectivity index (χ1n) is 6.63. The third kappa shape index (κ3) is 3.22. The summed E-state index contributed by atoms with van der Waals surface area (Å²) in [6.07, 6.45) is 1.33. The van der Waals surface area contributed by atoms with Crippen LogP contribution < -0.4 is 4.74 Å². The Balaban J connectivity index is 2.00. The summed E-state index contributed by atoms with van der Waals surface area (Å²) in [5, 5.41) is 21.5. The Morgan fingerprint density at radius 1 is 1.42 bits per heavy atom. The third-order valence-corrected chi connectivity index (χ3v) is 4.60. The van der Waals surface area contributed by atoms with Crippen molar-refractivity contribution in [1.29, 1.82) is 0 Å². The maximum atomic E-state index is 11.0. The molecular weight excluding hydrogens is 398 g/mol. The first kappa shape index (κ1) is 16.3. The molecule has 0 amide bonds. The van der Waals surface area contributed by atoms with Gasteiger partial charge in [-0.2, -0.15) is 0 Å². The molecule has 0 saturated carbocycles. The van der Waals surface area contributed by atoms with E-state index in [0.717, 1.165) is 20.8 Å². The lowest BCUT2D eigenvalue weighted by molar-refractivity contribution is -0.385. The fourth-order valence-corrected chi connectivity index (χ4v) is 3.40. The van der Waals surface area contributed by atoms with Crippen LogP contribution in [0.4, 0.5) is 10.8 Å². The van der Waals surface area contributed by atoms with Crippen molar-refractivity contribution < 1.29 is 14.8 Å². The highest BCUT2D eigenvalue weighted by atomic mass is 79.9. The first-order valence-corrected chi connectivity index (χ1v) is 8.24. The number of nitro benzene ring substituents is 1. The monoisotopic (exact) mass is 407 g/mol. The molecule has 0 saturated heterocycles. The highest BCUT2D eigenvalue weighted by Gasteiger charge is 2.18. The van der Waals surface area contributed by atoms with Gasteiger partial charge >= 0.3 is 5.69 Å². The molecule has 3 aromatic rings. The number of phenols is 1. The van der Waals surface area contributed by atoms with Gasteiger partial charge in [0, 0.05) is 16.3 Å². The molecule has 0 aliphatic rings. The van der Waals surface area contributed by atoms with Gasteiger partial charge in [-0.15, -0.1) is 0 Å². The molecule has 1 N–H and O–H groups in total. The number of benzene rings is 2.